The predicted octanol–water partition coefficient (Wildman–Crippen LogP) is 3.37. The number of nitrogens with two attached hydrogens (primary N) is 1. The van der Waals surface area contributed by atoms with Gasteiger partial charge in [0.15, 0.2) is 5.82 Å². The Labute approximate surface area is 181 Å². The number of imidazole rings is 1. The second kappa shape index (κ2) is 7.73. The van der Waals surface area contributed by atoms with Crippen LogP contribution in [0.1, 0.15) is 30.6 Å². The van der Waals surface area contributed by atoms with Gasteiger partial charge in [-0.1, -0.05) is 6.07 Å². The van der Waals surface area contributed by atoms with Gasteiger partial charge in [-0.3, -0.25) is 9.78 Å². The van der Waals surface area contributed by atoms with Gasteiger partial charge in [-0.25, -0.2) is 9.37 Å². The second-order valence-corrected chi connectivity index (χ2v) is 8.37. The first kappa shape index (κ1) is 22.0. The third kappa shape index (κ3) is 4.12. The Morgan fingerprint density at radius 2 is 2.09 bits per heavy atom. The summed E-state index contributed by atoms with van der Waals surface area (Å²) < 4.78 is 53.2. The first-order chi connectivity index (χ1) is 15.0. The van der Waals surface area contributed by atoms with E-state index in [9.17, 15) is 22.4 Å². The zero-order valence-corrected chi connectivity index (χ0v) is 17.4. The molecule has 4 rings (SSSR count). The highest BCUT2D eigenvalue weighted by atomic mass is 19.4. The van der Waals surface area contributed by atoms with Crippen molar-refractivity contribution in [2.24, 2.45) is 5.73 Å². The Morgan fingerprint density at radius 1 is 1.34 bits per heavy atom. The highest BCUT2D eigenvalue weighted by molar-refractivity contribution is 6.03. The van der Waals surface area contributed by atoms with Crippen molar-refractivity contribution in [1.82, 2.24) is 20.3 Å². The molecule has 1 fully saturated rings. The van der Waals surface area contributed by atoms with Crippen molar-refractivity contribution >= 4 is 22.6 Å². The van der Waals surface area contributed by atoms with Gasteiger partial charge in [-0.05, 0) is 32.4 Å². The van der Waals surface area contributed by atoms with Crippen LogP contribution in [0.25, 0.3) is 22.4 Å². The monoisotopic (exact) mass is 450 g/mol. The van der Waals surface area contributed by atoms with E-state index in [1.54, 1.807) is 6.07 Å². The quantitative estimate of drug-likeness (QED) is 0.530. The zero-order chi connectivity index (χ0) is 23.3. The number of pyridine rings is 1. The number of carbonyl (C=O) groups excluding carboxylic acids is 1. The number of hydrogen-bond donors (Lipinski definition) is 3. The summed E-state index contributed by atoms with van der Waals surface area (Å²) in [5.74, 6) is -1.20. The number of amides is 1. The van der Waals surface area contributed by atoms with Gasteiger partial charge in [-0.15, -0.1) is 0 Å². The van der Waals surface area contributed by atoms with Gasteiger partial charge in [0.25, 0.3) is 5.91 Å². The number of nitrogens with zero attached hydrogens (tertiary/aromatic N) is 3. The van der Waals surface area contributed by atoms with Crippen LogP contribution in [-0.4, -0.2) is 51.7 Å². The van der Waals surface area contributed by atoms with Crippen LogP contribution in [0.2, 0.25) is 0 Å². The third-order valence-corrected chi connectivity index (χ3v) is 5.54. The number of halogens is 4. The molecule has 1 aliphatic rings. The van der Waals surface area contributed by atoms with Crippen LogP contribution >= 0.6 is 0 Å². The summed E-state index contributed by atoms with van der Waals surface area (Å²) in [6.45, 7) is 3.57. The van der Waals surface area contributed by atoms with E-state index in [4.69, 9.17) is 5.73 Å². The molecule has 32 heavy (non-hydrogen) atoms. The van der Waals surface area contributed by atoms with Crippen LogP contribution in [0.5, 0.6) is 0 Å². The van der Waals surface area contributed by atoms with Crippen molar-refractivity contribution in [2.45, 2.75) is 38.0 Å². The molecular formula is C21H22F4N6O. The van der Waals surface area contributed by atoms with E-state index in [1.807, 2.05) is 17.1 Å². The van der Waals surface area contributed by atoms with Crippen LogP contribution in [0, 0.1) is 5.82 Å². The molecule has 0 radical (unpaired) electrons. The van der Waals surface area contributed by atoms with Gasteiger partial charge < -0.3 is 20.9 Å². The molecule has 2 atom stereocenters. The molecule has 1 amide bonds. The largest absolute Gasteiger partial charge is 0.408 e. The summed E-state index contributed by atoms with van der Waals surface area (Å²) in [4.78, 5) is 26.1. The maximum Gasteiger partial charge on any atom is 0.408 e. The molecule has 170 valence electrons. The Hall–Kier alpha value is -3.21. The number of alkyl halides is 3. The van der Waals surface area contributed by atoms with Gasteiger partial charge in [-0.2, -0.15) is 13.2 Å². The molecule has 1 aliphatic heterocycles. The number of para-hydroxylation sites is 1. The first-order valence-electron chi connectivity index (χ1n) is 10.0. The minimum absolute atomic E-state index is 0.0442. The van der Waals surface area contributed by atoms with Crippen molar-refractivity contribution in [3.8, 4) is 11.4 Å². The molecule has 4 N–H and O–H groups in total. The smallest absolute Gasteiger partial charge is 0.368 e. The molecule has 2 aromatic heterocycles. The summed E-state index contributed by atoms with van der Waals surface area (Å²) in [7, 11) is 0. The van der Waals surface area contributed by atoms with Gasteiger partial charge in [0.05, 0.1) is 22.3 Å². The maximum absolute atomic E-state index is 14.2. The van der Waals surface area contributed by atoms with Gasteiger partial charge in [0, 0.05) is 31.0 Å². The molecule has 0 saturated carbocycles. The van der Waals surface area contributed by atoms with Crippen LogP contribution in [0.4, 0.5) is 23.2 Å². The molecule has 1 saturated heterocycles. The highest BCUT2D eigenvalue weighted by Crippen LogP contribution is 2.37. The molecule has 0 aliphatic carbocycles. The number of hydrogen-bond acceptors (Lipinski definition) is 5. The van der Waals surface area contributed by atoms with E-state index in [1.165, 1.54) is 24.5 Å². The summed E-state index contributed by atoms with van der Waals surface area (Å²) in [5.41, 5.74) is 6.93. The first-order valence-corrected chi connectivity index (χ1v) is 10.0. The minimum atomic E-state index is -4.60. The summed E-state index contributed by atoms with van der Waals surface area (Å²) in [6, 6.07) is 2.40. The van der Waals surface area contributed by atoms with Crippen LogP contribution < -0.4 is 16.0 Å². The molecule has 3 aromatic rings. The van der Waals surface area contributed by atoms with E-state index in [0.29, 0.717) is 36.3 Å². The van der Waals surface area contributed by atoms with Crippen molar-refractivity contribution in [3.63, 3.8) is 0 Å². The Balaban J connectivity index is 1.84. The standard InChI is InChI=1S/C21H22F4N6O/c1-11(21(23,24)25)28-19(32)13-9-27-8-12(17(13)31-7-6-20(2,26)10-31)18-29-15-5-3-4-14(22)16(15)30-18/h3-5,8-9,11H,6-7,10,26H2,1-2H3,(H,28,32)(H,29,30)/t11?,20-/m0/s1. The van der Waals surface area contributed by atoms with Crippen molar-refractivity contribution in [2.75, 3.05) is 18.0 Å². The number of aromatic nitrogens is 3. The number of benzene rings is 1. The van der Waals surface area contributed by atoms with Crippen LogP contribution in [0.3, 0.4) is 0 Å². The summed E-state index contributed by atoms with van der Waals surface area (Å²) >= 11 is 0. The van der Waals surface area contributed by atoms with Gasteiger partial charge in [0.2, 0.25) is 0 Å². The number of nitrogens with one attached hydrogen (secondary N) is 2. The molecular weight excluding hydrogens is 428 g/mol. The number of aromatic amines is 1. The molecule has 1 unspecified atom stereocenters. The molecule has 1 aromatic carbocycles. The number of fused-ring (bicyclic) bond motifs is 1. The fraction of sp³-hybridized carbons (Fsp3) is 0.381. The minimum Gasteiger partial charge on any atom is -0.368 e. The summed E-state index contributed by atoms with van der Waals surface area (Å²) in [5, 5.41) is 1.98. The van der Waals surface area contributed by atoms with Crippen molar-refractivity contribution in [3.05, 3.63) is 42.0 Å². The van der Waals surface area contributed by atoms with Crippen LogP contribution in [-0.2, 0) is 0 Å². The number of carbonyl (C=O) groups is 1. The predicted molar refractivity (Wildman–Crippen MR) is 112 cm³/mol. The van der Waals surface area contributed by atoms with E-state index in [0.717, 1.165) is 6.92 Å². The molecule has 0 spiro atoms. The maximum atomic E-state index is 14.2. The Bertz CT molecular complexity index is 1170. The van der Waals surface area contributed by atoms with E-state index in [2.05, 4.69) is 15.0 Å². The van der Waals surface area contributed by atoms with Crippen LogP contribution in [0.15, 0.2) is 30.6 Å². The zero-order valence-electron chi connectivity index (χ0n) is 17.4. The lowest BCUT2D eigenvalue weighted by Crippen LogP contribution is -2.44. The van der Waals surface area contributed by atoms with E-state index >= 15 is 0 Å². The van der Waals surface area contributed by atoms with Crippen molar-refractivity contribution < 1.29 is 22.4 Å². The lowest BCUT2D eigenvalue weighted by Gasteiger charge is -2.26. The molecule has 0 bridgehead atoms. The lowest BCUT2D eigenvalue weighted by molar-refractivity contribution is -0.149. The Kier molecular flexibility index (Phi) is 5.32. The van der Waals surface area contributed by atoms with Gasteiger partial charge in [0.1, 0.15) is 17.4 Å². The topological polar surface area (TPSA) is 99.9 Å². The number of rotatable bonds is 4. The fourth-order valence-electron chi connectivity index (χ4n) is 3.79. The number of anilines is 1. The van der Waals surface area contributed by atoms with Crippen molar-refractivity contribution in [1.29, 1.82) is 0 Å². The average Bonchev–Trinajstić information content (AvgIpc) is 3.30. The fourth-order valence-corrected chi connectivity index (χ4v) is 3.79. The second-order valence-electron chi connectivity index (χ2n) is 8.37. The highest BCUT2D eigenvalue weighted by Gasteiger charge is 2.39. The average molecular weight is 450 g/mol. The van der Waals surface area contributed by atoms with E-state index < -0.39 is 29.5 Å². The molecule has 3 heterocycles. The summed E-state index contributed by atoms with van der Waals surface area (Å²) in [6.07, 6.45) is -1.32. The van der Waals surface area contributed by atoms with Gasteiger partial charge >= 0.3 is 6.18 Å². The number of H-pyrrole nitrogens is 1. The Morgan fingerprint density at radius 3 is 2.72 bits per heavy atom. The molecule has 7 nitrogen and oxygen atoms in total. The SMILES string of the molecule is CC(NC(=O)c1cncc(-c2nc3c(F)cccc3[nH]2)c1N1CC[C@](C)(N)C1)C(F)(F)F. The lowest BCUT2D eigenvalue weighted by atomic mass is 10.0. The third-order valence-electron chi connectivity index (χ3n) is 5.54. The normalized spacial score (nSPS) is 20.0. The molecule has 11 heteroatoms. The van der Waals surface area contributed by atoms with E-state index in [-0.39, 0.29) is 16.9 Å².